The summed E-state index contributed by atoms with van der Waals surface area (Å²) in [5, 5.41) is 2.45. The van der Waals surface area contributed by atoms with Crippen molar-refractivity contribution < 1.29 is 14.3 Å². The minimum absolute atomic E-state index is 0.201. The molecule has 68 valence electrons. The summed E-state index contributed by atoms with van der Waals surface area (Å²) < 4.78 is 4.63. The maximum atomic E-state index is 10.8. The Morgan fingerprint density at radius 1 is 1.42 bits per heavy atom. The van der Waals surface area contributed by atoms with Crippen LogP contribution in [0, 0.1) is 0 Å². The summed E-state index contributed by atoms with van der Waals surface area (Å²) in [6, 6.07) is 0. The highest BCUT2D eigenvalue weighted by atomic mass is 16.5. The van der Waals surface area contributed by atoms with Crippen LogP contribution in [0.3, 0.4) is 0 Å². The molecule has 0 rings (SSSR count). The molecule has 0 aromatic rings. The van der Waals surface area contributed by atoms with Gasteiger partial charge in [-0.15, -0.1) is 0 Å². The van der Waals surface area contributed by atoms with Crippen molar-refractivity contribution in [3.63, 3.8) is 0 Å². The van der Waals surface area contributed by atoms with Crippen LogP contribution in [0.25, 0.3) is 0 Å². The van der Waals surface area contributed by atoms with E-state index in [-0.39, 0.29) is 5.91 Å². The maximum Gasteiger partial charge on any atom is 0.332 e. The van der Waals surface area contributed by atoms with E-state index < -0.39 is 5.97 Å². The minimum atomic E-state index is -0.441. The fourth-order valence-electron chi connectivity index (χ4n) is 0.674. The van der Waals surface area contributed by atoms with Gasteiger partial charge in [0.15, 0.2) is 0 Å². The molecule has 0 spiro atoms. The smallest absolute Gasteiger partial charge is 0.332 e. The number of esters is 1. The van der Waals surface area contributed by atoms with Crippen LogP contribution in [-0.2, 0) is 14.3 Å². The lowest BCUT2D eigenvalue weighted by molar-refractivity contribution is -0.137. The average Bonchev–Trinajstić information content (AvgIpc) is 1.84. The SMILES string of the molecule is CCOC(=O)C=C(C)NC(C)=O. The van der Waals surface area contributed by atoms with Crippen LogP contribution >= 0.6 is 0 Å². The maximum absolute atomic E-state index is 10.8. The van der Waals surface area contributed by atoms with Gasteiger partial charge in [0.05, 0.1) is 6.61 Å². The molecule has 0 heterocycles. The fraction of sp³-hybridized carbons (Fsp3) is 0.500. The zero-order valence-corrected chi connectivity index (χ0v) is 7.51. The first-order valence-corrected chi connectivity index (χ1v) is 3.69. The van der Waals surface area contributed by atoms with Gasteiger partial charge in [0.1, 0.15) is 0 Å². The topological polar surface area (TPSA) is 55.4 Å². The fourth-order valence-corrected chi connectivity index (χ4v) is 0.674. The lowest BCUT2D eigenvalue weighted by atomic mass is 10.4. The normalized spacial score (nSPS) is 10.8. The zero-order chi connectivity index (χ0) is 9.56. The van der Waals surface area contributed by atoms with Crippen molar-refractivity contribution in [2.75, 3.05) is 6.61 Å². The molecule has 0 aromatic carbocycles. The van der Waals surface area contributed by atoms with E-state index in [0.717, 1.165) is 0 Å². The van der Waals surface area contributed by atoms with E-state index in [9.17, 15) is 9.59 Å². The van der Waals surface area contributed by atoms with Gasteiger partial charge in [-0.3, -0.25) is 4.79 Å². The number of amides is 1. The number of hydrogen-bond acceptors (Lipinski definition) is 3. The van der Waals surface area contributed by atoms with Crippen LogP contribution in [0.5, 0.6) is 0 Å². The Bertz CT molecular complexity index is 208. The summed E-state index contributed by atoms with van der Waals surface area (Å²) in [6.07, 6.45) is 1.24. The molecule has 0 aliphatic carbocycles. The number of rotatable bonds is 3. The highest BCUT2D eigenvalue weighted by molar-refractivity contribution is 5.84. The van der Waals surface area contributed by atoms with Crippen LogP contribution in [0.15, 0.2) is 11.8 Å². The van der Waals surface area contributed by atoms with Crippen LogP contribution < -0.4 is 5.32 Å². The van der Waals surface area contributed by atoms with Gasteiger partial charge in [0.25, 0.3) is 0 Å². The molecule has 0 fully saturated rings. The van der Waals surface area contributed by atoms with Crippen LogP contribution in [0.2, 0.25) is 0 Å². The molecule has 4 heteroatoms. The Hall–Kier alpha value is -1.32. The molecular formula is C8H13NO3. The second-order valence-electron chi connectivity index (χ2n) is 2.26. The van der Waals surface area contributed by atoms with Gasteiger partial charge >= 0.3 is 5.97 Å². The van der Waals surface area contributed by atoms with E-state index in [2.05, 4.69) is 10.1 Å². The number of hydrogen-bond donors (Lipinski definition) is 1. The molecule has 0 saturated heterocycles. The molecule has 0 bridgehead atoms. The van der Waals surface area contributed by atoms with Gasteiger partial charge in [-0.2, -0.15) is 0 Å². The Morgan fingerprint density at radius 2 is 2.00 bits per heavy atom. The van der Waals surface area contributed by atoms with E-state index >= 15 is 0 Å². The third-order valence-corrected chi connectivity index (χ3v) is 0.994. The first kappa shape index (κ1) is 10.7. The standard InChI is InChI=1S/C8H13NO3/c1-4-12-8(11)5-6(2)9-7(3)10/h5H,4H2,1-3H3,(H,9,10). The van der Waals surface area contributed by atoms with Gasteiger partial charge in [-0.1, -0.05) is 0 Å². The van der Waals surface area contributed by atoms with Crippen molar-refractivity contribution in [3.8, 4) is 0 Å². The summed E-state index contributed by atoms with van der Waals surface area (Å²) in [5.74, 6) is -0.642. The molecule has 1 N–H and O–H groups in total. The molecule has 0 aliphatic rings. The van der Waals surface area contributed by atoms with Gasteiger partial charge in [0, 0.05) is 18.7 Å². The number of carbonyl (C=O) groups is 2. The van der Waals surface area contributed by atoms with E-state index in [1.54, 1.807) is 13.8 Å². The first-order chi connectivity index (χ1) is 5.56. The van der Waals surface area contributed by atoms with E-state index in [1.165, 1.54) is 13.0 Å². The van der Waals surface area contributed by atoms with Crippen molar-refractivity contribution in [1.82, 2.24) is 5.32 Å². The van der Waals surface area contributed by atoms with Crippen molar-refractivity contribution in [1.29, 1.82) is 0 Å². The van der Waals surface area contributed by atoms with Gasteiger partial charge in [-0.05, 0) is 13.8 Å². The van der Waals surface area contributed by atoms with Crippen LogP contribution in [0.4, 0.5) is 0 Å². The largest absolute Gasteiger partial charge is 0.463 e. The first-order valence-electron chi connectivity index (χ1n) is 3.69. The van der Waals surface area contributed by atoms with E-state index in [0.29, 0.717) is 12.3 Å². The second-order valence-corrected chi connectivity index (χ2v) is 2.26. The lowest BCUT2D eigenvalue weighted by Gasteiger charge is -2.00. The van der Waals surface area contributed by atoms with Gasteiger partial charge in [-0.25, -0.2) is 4.79 Å². The molecule has 4 nitrogen and oxygen atoms in total. The third-order valence-electron chi connectivity index (χ3n) is 0.994. The van der Waals surface area contributed by atoms with Crippen molar-refractivity contribution >= 4 is 11.9 Å². The van der Waals surface area contributed by atoms with Gasteiger partial charge < -0.3 is 10.1 Å². The number of nitrogens with one attached hydrogen (secondary N) is 1. The van der Waals surface area contributed by atoms with Gasteiger partial charge in [0.2, 0.25) is 5.91 Å². The van der Waals surface area contributed by atoms with E-state index in [1.807, 2.05) is 0 Å². The summed E-state index contributed by atoms with van der Waals surface area (Å²) >= 11 is 0. The molecule has 0 aromatic heterocycles. The van der Waals surface area contributed by atoms with Crippen LogP contribution in [0.1, 0.15) is 20.8 Å². The highest BCUT2D eigenvalue weighted by Gasteiger charge is 1.98. The molecule has 1 amide bonds. The Kier molecular flexibility index (Phi) is 4.76. The monoisotopic (exact) mass is 171 g/mol. The van der Waals surface area contributed by atoms with E-state index in [4.69, 9.17) is 0 Å². The van der Waals surface area contributed by atoms with Crippen molar-refractivity contribution in [2.45, 2.75) is 20.8 Å². The Morgan fingerprint density at radius 3 is 2.42 bits per heavy atom. The molecule has 0 saturated carbocycles. The lowest BCUT2D eigenvalue weighted by Crippen LogP contribution is -2.18. The zero-order valence-electron chi connectivity index (χ0n) is 7.51. The molecule has 0 atom stereocenters. The second kappa shape index (κ2) is 5.35. The Balaban J connectivity index is 3.97. The van der Waals surface area contributed by atoms with Crippen molar-refractivity contribution in [2.24, 2.45) is 0 Å². The summed E-state index contributed by atoms with van der Waals surface area (Å²) in [7, 11) is 0. The Labute approximate surface area is 71.6 Å². The molecule has 0 unspecified atom stereocenters. The number of ether oxygens (including phenoxy) is 1. The summed E-state index contributed by atoms with van der Waals surface area (Å²) in [5.41, 5.74) is 0.487. The summed E-state index contributed by atoms with van der Waals surface area (Å²) in [6.45, 7) is 5.06. The van der Waals surface area contributed by atoms with Crippen LogP contribution in [-0.4, -0.2) is 18.5 Å². The summed E-state index contributed by atoms with van der Waals surface area (Å²) in [4.78, 5) is 21.3. The molecule has 0 aliphatic heterocycles. The molecule has 0 radical (unpaired) electrons. The predicted octanol–water partition coefficient (Wildman–Crippen LogP) is 0.589. The predicted molar refractivity (Wildman–Crippen MR) is 44.2 cm³/mol. The highest BCUT2D eigenvalue weighted by Crippen LogP contribution is 1.88. The van der Waals surface area contributed by atoms with Crippen molar-refractivity contribution in [3.05, 3.63) is 11.8 Å². The molecular weight excluding hydrogens is 158 g/mol. The third kappa shape index (κ3) is 5.46. The minimum Gasteiger partial charge on any atom is -0.463 e. The number of allylic oxidation sites excluding steroid dienone is 1. The average molecular weight is 171 g/mol. The molecule has 12 heavy (non-hydrogen) atoms. The number of carbonyl (C=O) groups excluding carboxylic acids is 2. The quantitative estimate of drug-likeness (QED) is 0.499.